The van der Waals surface area contributed by atoms with Crippen molar-refractivity contribution in [3.05, 3.63) is 17.5 Å². The molecule has 0 spiro atoms. The van der Waals surface area contributed by atoms with Gasteiger partial charge in [0.15, 0.2) is 0 Å². The summed E-state index contributed by atoms with van der Waals surface area (Å²) in [5.41, 5.74) is 0. The molecule has 4 nitrogen and oxygen atoms in total. The lowest BCUT2D eigenvalue weighted by Gasteiger charge is -2.27. The lowest BCUT2D eigenvalue weighted by Crippen LogP contribution is -2.33. The van der Waals surface area contributed by atoms with Crippen molar-refractivity contribution in [2.24, 2.45) is 0 Å². The lowest BCUT2D eigenvalue weighted by atomic mass is 10.3. The minimum Gasteiger partial charge on any atom is -0.396 e. The van der Waals surface area contributed by atoms with Crippen LogP contribution in [0.4, 0.5) is 5.82 Å². The highest BCUT2D eigenvalue weighted by molar-refractivity contribution is 6.28. The third kappa shape index (κ3) is 3.64. The Morgan fingerprint density at radius 2 is 2.27 bits per heavy atom. The van der Waals surface area contributed by atoms with Crippen LogP contribution in [0.3, 0.4) is 0 Å². The molecule has 1 N–H and O–H groups in total. The molecule has 0 unspecified atom stereocenters. The first-order valence-electron chi connectivity index (χ1n) is 5.01. The normalized spacial score (nSPS) is 10.7. The van der Waals surface area contributed by atoms with Crippen molar-refractivity contribution in [2.45, 2.75) is 26.3 Å². The molecule has 0 aromatic carbocycles. The summed E-state index contributed by atoms with van der Waals surface area (Å²) in [6, 6.07) is 2.14. The van der Waals surface area contributed by atoms with E-state index < -0.39 is 0 Å². The van der Waals surface area contributed by atoms with Gasteiger partial charge < -0.3 is 10.0 Å². The van der Waals surface area contributed by atoms with E-state index >= 15 is 0 Å². The van der Waals surface area contributed by atoms with Gasteiger partial charge in [-0.3, -0.25) is 0 Å². The van der Waals surface area contributed by atoms with Crippen molar-refractivity contribution >= 4 is 17.4 Å². The minimum absolute atomic E-state index is 0.183. The summed E-state index contributed by atoms with van der Waals surface area (Å²) in [4.78, 5) is 10.1. The maximum atomic E-state index is 8.81. The van der Waals surface area contributed by atoms with E-state index in [1.54, 1.807) is 6.20 Å². The Hall–Kier alpha value is -0.870. The van der Waals surface area contributed by atoms with E-state index in [1.807, 2.05) is 6.07 Å². The second kappa shape index (κ2) is 5.88. The molecule has 0 radical (unpaired) electrons. The van der Waals surface area contributed by atoms with Crippen LogP contribution in [0.5, 0.6) is 0 Å². The van der Waals surface area contributed by atoms with Crippen molar-refractivity contribution in [3.63, 3.8) is 0 Å². The second-order valence-electron chi connectivity index (χ2n) is 3.55. The maximum absolute atomic E-state index is 8.81. The van der Waals surface area contributed by atoms with Crippen LogP contribution >= 0.6 is 11.6 Å². The minimum atomic E-state index is 0.183. The van der Waals surface area contributed by atoms with Gasteiger partial charge in [0.05, 0.1) is 0 Å². The highest BCUT2D eigenvalue weighted by atomic mass is 35.5. The number of rotatable bonds is 5. The molecular weight excluding hydrogens is 214 g/mol. The van der Waals surface area contributed by atoms with Crippen molar-refractivity contribution in [2.75, 3.05) is 18.1 Å². The molecule has 0 fully saturated rings. The fourth-order valence-corrected chi connectivity index (χ4v) is 1.51. The van der Waals surface area contributed by atoms with Crippen molar-refractivity contribution in [1.29, 1.82) is 0 Å². The summed E-state index contributed by atoms with van der Waals surface area (Å²) in [7, 11) is 0. The number of halogens is 1. The van der Waals surface area contributed by atoms with Crippen LogP contribution < -0.4 is 4.90 Å². The number of nitrogens with zero attached hydrogens (tertiary/aromatic N) is 3. The Bertz CT molecular complexity index is 306. The summed E-state index contributed by atoms with van der Waals surface area (Å²) in [6.45, 7) is 5.10. The average molecular weight is 230 g/mol. The van der Waals surface area contributed by atoms with E-state index in [9.17, 15) is 0 Å². The van der Waals surface area contributed by atoms with Gasteiger partial charge in [-0.1, -0.05) is 0 Å². The predicted molar refractivity (Wildman–Crippen MR) is 61.2 cm³/mol. The lowest BCUT2D eigenvalue weighted by molar-refractivity contribution is 0.288. The van der Waals surface area contributed by atoms with Gasteiger partial charge in [0.25, 0.3) is 0 Å². The molecule has 0 aliphatic heterocycles. The Morgan fingerprint density at radius 3 is 2.80 bits per heavy atom. The maximum Gasteiger partial charge on any atom is 0.224 e. The fraction of sp³-hybridized carbons (Fsp3) is 0.600. The average Bonchev–Trinajstić information content (AvgIpc) is 2.18. The molecule has 1 aromatic heterocycles. The third-order valence-electron chi connectivity index (χ3n) is 2.09. The van der Waals surface area contributed by atoms with Gasteiger partial charge in [-0.2, -0.15) is 0 Å². The third-order valence-corrected chi connectivity index (χ3v) is 2.27. The molecule has 0 amide bonds. The van der Waals surface area contributed by atoms with Gasteiger partial charge in [0.1, 0.15) is 5.82 Å². The standard InChI is InChI=1S/C10H16ClN3O/c1-8(2)14(6-3-7-15)9-4-5-12-10(11)13-9/h4-5,8,15H,3,6-7H2,1-2H3. The zero-order valence-electron chi connectivity index (χ0n) is 9.02. The number of hydrogen-bond donors (Lipinski definition) is 1. The van der Waals surface area contributed by atoms with E-state index in [0.717, 1.165) is 18.8 Å². The van der Waals surface area contributed by atoms with Crippen LogP contribution in [0.15, 0.2) is 12.3 Å². The molecule has 84 valence electrons. The highest BCUT2D eigenvalue weighted by Crippen LogP contribution is 2.15. The van der Waals surface area contributed by atoms with Gasteiger partial charge in [-0.05, 0) is 37.9 Å². The first kappa shape index (κ1) is 12.2. The fourth-order valence-electron chi connectivity index (χ4n) is 1.36. The Labute approximate surface area is 94.9 Å². The van der Waals surface area contributed by atoms with Gasteiger partial charge in [-0.15, -0.1) is 0 Å². The number of aliphatic hydroxyl groups excluding tert-OH is 1. The summed E-state index contributed by atoms with van der Waals surface area (Å²) < 4.78 is 0. The van der Waals surface area contributed by atoms with E-state index in [2.05, 4.69) is 28.7 Å². The molecule has 0 aliphatic rings. The molecule has 0 saturated carbocycles. The Kier molecular flexibility index (Phi) is 4.78. The molecule has 15 heavy (non-hydrogen) atoms. The summed E-state index contributed by atoms with van der Waals surface area (Å²) >= 11 is 5.73. The zero-order chi connectivity index (χ0) is 11.3. The molecule has 0 bridgehead atoms. The first-order valence-corrected chi connectivity index (χ1v) is 5.39. The molecular formula is C10H16ClN3O. The number of anilines is 1. The summed E-state index contributed by atoms with van der Waals surface area (Å²) in [5.74, 6) is 0.804. The SMILES string of the molecule is CC(C)N(CCCO)c1ccnc(Cl)n1. The quantitative estimate of drug-likeness (QED) is 0.782. The van der Waals surface area contributed by atoms with E-state index in [-0.39, 0.29) is 11.9 Å². The van der Waals surface area contributed by atoms with E-state index in [1.165, 1.54) is 0 Å². The van der Waals surface area contributed by atoms with Crippen molar-refractivity contribution in [3.8, 4) is 0 Å². The van der Waals surface area contributed by atoms with Crippen LogP contribution in [0, 0.1) is 0 Å². The van der Waals surface area contributed by atoms with Crippen LogP contribution in [0.25, 0.3) is 0 Å². The molecule has 1 rings (SSSR count). The first-order chi connectivity index (χ1) is 7.15. The smallest absolute Gasteiger partial charge is 0.224 e. The Balaban J connectivity index is 2.79. The van der Waals surface area contributed by atoms with Gasteiger partial charge in [-0.25, -0.2) is 9.97 Å². The molecule has 0 atom stereocenters. The van der Waals surface area contributed by atoms with Crippen LogP contribution in [0.1, 0.15) is 20.3 Å². The van der Waals surface area contributed by atoms with Gasteiger partial charge >= 0.3 is 0 Å². The number of hydrogen-bond acceptors (Lipinski definition) is 4. The molecule has 0 saturated heterocycles. The second-order valence-corrected chi connectivity index (χ2v) is 3.89. The monoisotopic (exact) mass is 229 g/mol. The van der Waals surface area contributed by atoms with E-state index in [0.29, 0.717) is 6.04 Å². The molecule has 1 aromatic rings. The zero-order valence-corrected chi connectivity index (χ0v) is 9.78. The van der Waals surface area contributed by atoms with Crippen LogP contribution in [-0.4, -0.2) is 34.3 Å². The summed E-state index contributed by atoms with van der Waals surface area (Å²) in [6.07, 6.45) is 2.36. The molecule has 1 heterocycles. The van der Waals surface area contributed by atoms with Crippen molar-refractivity contribution < 1.29 is 5.11 Å². The van der Waals surface area contributed by atoms with Gasteiger partial charge in [0, 0.05) is 25.4 Å². The van der Waals surface area contributed by atoms with Gasteiger partial charge in [0.2, 0.25) is 5.28 Å². The molecule has 0 aliphatic carbocycles. The predicted octanol–water partition coefficient (Wildman–Crippen LogP) is 1.73. The summed E-state index contributed by atoms with van der Waals surface area (Å²) in [5, 5.41) is 9.06. The van der Waals surface area contributed by atoms with E-state index in [4.69, 9.17) is 16.7 Å². The van der Waals surface area contributed by atoms with Crippen LogP contribution in [0.2, 0.25) is 5.28 Å². The largest absolute Gasteiger partial charge is 0.396 e. The number of aliphatic hydroxyl groups is 1. The topological polar surface area (TPSA) is 49.2 Å². The van der Waals surface area contributed by atoms with Crippen molar-refractivity contribution in [1.82, 2.24) is 9.97 Å². The van der Waals surface area contributed by atoms with Crippen LogP contribution in [-0.2, 0) is 0 Å². The number of aromatic nitrogens is 2. The molecule has 5 heteroatoms. The Morgan fingerprint density at radius 1 is 1.53 bits per heavy atom. The highest BCUT2D eigenvalue weighted by Gasteiger charge is 2.11.